The zero-order valence-corrected chi connectivity index (χ0v) is 18.5. The number of amides is 1. The first-order valence-corrected chi connectivity index (χ1v) is 10.7. The molecule has 0 heterocycles. The quantitative estimate of drug-likeness (QED) is 0.699. The van der Waals surface area contributed by atoms with Crippen molar-refractivity contribution < 1.29 is 4.79 Å². The largest absolute Gasteiger partial charge is 0.372 e. The topological polar surface area (TPSA) is 56.1 Å². The van der Waals surface area contributed by atoms with Gasteiger partial charge in [0.05, 0.1) is 10.6 Å². The van der Waals surface area contributed by atoms with Crippen LogP contribution in [0.5, 0.6) is 0 Å². The van der Waals surface area contributed by atoms with E-state index in [4.69, 9.17) is 16.9 Å². The lowest BCUT2D eigenvalue weighted by molar-refractivity contribution is 0.0926. The second-order valence-electron chi connectivity index (χ2n) is 7.23. The summed E-state index contributed by atoms with van der Waals surface area (Å²) in [6, 6.07) is 15.9. The Morgan fingerprint density at radius 3 is 2.28 bits per heavy atom. The average molecular weight is 412 g/mol. The smallest absolute Gasteiger partial charge is 0.251 e. The van der Waals surface area contributed by atoms with Crippen LogP contribution in [-0.4, -0.2) is 25.0 Å². The lowest BCUT2D eigenvalue weighted by Gasteiger charge is -2.36. The summed E-state index contributed by atoms with van der Waals surface area (Å²) in [6.45, 7) is 6.01. The van der Waals surface area contributed by atoms with Crippen molar-refractivity contribution in [3.63, 3.8) is 0 Å². The molecule has 29 heavy (non-hydrogen) atoms. The van der Waals surface area contributed by atoms with Crippen molar-refractivity contribution in [1.29, 1.82) is 5.26 Å². The highest BCUT2D eigenvalue weighted by Crippen LogP contribution is 2.29. The number of nitriles is 1. The van der Waals surface area contributed by atoms with Gasteiger partial charge in [-0.3, -0.25) is 4.79 Å². The van der Waals surface area contributed by atoms with E-state index >= 15 is 0 Å². The molecule has 2 aromatic carbocycles. The Morgan fingerprint density at radius 1 is 1.10 bits per heavy atom. The normalized spacial score (nSPS) is 18.1. The van der Waals surface area contributed by atoms with Gasteiger partial charge in [-0.15, -0.1) is 0 Å². The van der Waals surface area contributed by atoms with Gasteiger partial charge in [0, 0.05) is 30.4 Å². The molecule has 0 aromatic heterocycles. The maximum atomic E-state index is 12.4. The number of carbonyl (C=O) groups is 1. The van der Waals surface area contributed by atoms with E-state index in [-0.39, 0.29) is 11.9 Å². The van der Waals surface area contributed by atoms with Crippen molar-refractivity contribution in [3.05, 3.63) is 64.2 Å². The molecular formula is C24H30ClN3O. The molecule has 1 aliphatic carbocycles. The summed E-state index contributed by atoms with van der Waals surface area (Å²) in [7, 11) is 2.06. The summed E-state index contributed by atoms with van der Waals surface area (Å²) in [5, 5.41) is 12.7. The molecule has 1 N–H and O–H groups in total. The summed E-state index contributed by atoms with van der Waals surface area (Å²) in [5.74, 6) is 0.00526. The molecular weight excluding hydrogens is 382 g/mol. The van der Waals surface area contributed by atoms with Crippen LogP contribution in [0.15, 0.2) is 42.5 Å². The molecule has 0 bridgehead atoms. The first-order valence-electron chi connectivity index (χ1n) is 10.3. The highest BCUT2D eigenvalue weighted by Gasteiger charge is 2.25. The van der Waals surface area contributed by atoms with Crippen LogP contribution < -0.4 is 10.2 Å². The Hall–Kier alpha value is -2.51. The summed E-state index contributed by atoms with van der Waals surface area (Å²) in [4.78, 5) is 14.6. The van der Waals surface area contributed by atoms with Crippen LogP contribution >= 0.6 is 11.6 Å². The van der Waals surface area contributed by atoms with Crippen molar-refractivity contribution >= 4 is 23.2 Å². The Labute approximate surface area is 179 Å². The van der Waals surface area contributed by atoms with E-state index in [1.807, 2.05) is 57.2 Å². The Balaban J connectivity index is 0.00000145. The molecule has 1 aliphatic rings. The number of hydrogen-bond acceptors (Lipinski definition) is 3. The molecule has 0 atom stereocenters. The van der Waals surface area contributed by atoms with Gasteiger partial charge in [0.2, 0.25) is 0 Å². The fraction of sp³-hybridized carbons (Fsp3) is 0.417. The van der Waals surface area contributed by atoms with E-state index in [0.717, 1.165) is 36.9 Å². The molecule has 0 unspecified atom stereocenters. The average Bonchev–Trinajstić information content (AvgIpc) is 2.75. The summed E-state index contributed by atoms with van der Waals surface area (Å²) in [6.07, 6.45) is 3.92. The molecule has 1 fully saturated rings. The molecule has 1 amide bonds. The number of carbonyl (C=O) groups excluding carboxylic acids is 1. The van der Waals surface area contributed by atoms with Crippen LogP contribution in [0.3, 0.4) is 0 Å². The fourth-order valence-electron chi connectivity index (χ4n) is 3.61. The lowest BCUT2D eigenvalue weighted by Crippen LogP contribution is -2.42. The molecule has 0 aliphatic heterocycles. The zero-order chi connectivity index (χ0) is 21.4. The molecule has 5 heteroatoms. The first-order chi connectivity index (χ1) is 14.0. The number of rotatable bonds is 4. The Morgan fingerprint density at radius 2 is 1.72 bits per heavy atom. The van der Waals surface area contributed by atoms with E-state index in [1.54, 1.807) is 6.07 Å². The van der Waals surface area contributed by atoms with Crippen molar-refractivity contribution in [2.45, 2.75) is 58.5 Å². The van der Waals surface area contributed by atoms with Crippen LogP contribution in [0.4, 0.5) is 5.69 Å². The molecule has 4 nitrogen and oxygen atoms in total. The molecule has 1 saturated carbocycles. The fourth-order valence-corrected chi connectivity index (χ4v) is 3.82. The van der Waals surface area contributed by atoms with Crippen molar-refractivity contribution in [3.8, 4) is 6.07 Å². The highest BCUT2D eigenvalue weighted by molar-refractivity contribution is 6.32. The molecule has 3 rings (SSSR count). The summed E-state index contributed by atoms with van der Waals surface area (Å²) >= 11 is 6.16. The number of aryl methyl sites for hydroxylation is 1. The number of nitrogens with zero attached hydrogens (tertiary/aromatic N) is 2. The van der Waals surface area contributed by atoms with Crippen molar-refractivity contribution in [2.75, 3.05) is 11.9 Å². The summed E-state index contributed by atoms with van der Waals surface area (Å²) < 4.78 is 0. The van der Waals surface area contributed by atoms with Gasteiger partial charge in [0.15, 0.2) is 0 Å². The van der Waals surface area contributed by atoms with E-state index in [0.29, 0.717) is 22.2 Å². The maximum Gasteiger partial charge on any atom is 0.251 e. The number of nitrogens with one attached hydrogen (secondary N) is 1. The zero-order valence-electron chi connectivity index (χ0n) is 17.7. The van der Waals surface area contributed by atoms with Crippen molar-refractivity contribution in [1.82, 2.24) is 5.32 Å². The van der Waals surface area contributed by atoms with Gasteiger partial charge in [-0.2, -0.15) is 5.26 Å². The van der Waals surface area contributed by atoms with Crippen LogP contribution in [0.2, 0.25) is 5.02 Å². The van der Waals surface area contributed by atoms with Crippen LogP contribution in [0.25, 0.3) is 0 Å². The van der Waals surface area contributed by atoms with Crippen LogP contribution in [-0.2, 0) is 0 Å². The van der Waals surface area contributed by atoms with Crippen LogP contribution in [0.1, 0.15) is 61.0 Å². The Bertz CT molecular complexity index is 849. The minimum atomic E-state index is 0.00526. The predicted molar refractivity (Wildman–Crippen MR) is 121 cm³/mol. The number of halogens is 1. The monoisotopic (exact) mass is 411 g/mol. The number of benzene rings is 2. The summed E-state index contributed by atoms with van der Waals surface area (Å²) in [5.41, 5.74) is 3.38. The Kier molecular flexibility index (Phi) is 8.54. The van der Waals surface area contributed by atoms with E-state index in [9.17, 15) is 4.79 Å². The van der Waals surface area contributed by atoms with Gasteiger partial charge in [-0.25, -0.2) is 0 Å². The maximum absolute atomic E-state index is 12.4. The third-order valence-corrected chi connectivity index (χ3v) is 5.69. The first kappa shape index (κ1) is 22.8. The molecule has 0 spiro atoms. The SMILES string of the molecule is CC.Cc1ccc(C(=O)NC2CCC(N(C)c3ccc(C#N)c(Cl)c3)CC2)cc1. The molecule has 2 aromatic rings. The van der Waals surface area contributed by atoms with Gasteiger partial charge in [0.1, 0.15) is 6.07 Å². The minimum Gasteiger partial charge on any atom is -0.372 e. The third kappa shape index (κ3) is 5.98. The second-order valence-corrected chi connectivity index (χ2v) is 7.64. The second kappa shape index (κ2) is 10.9. The third-order valence-electron chi connectivity index (χ3n) is 5.37. The minimum absolute atomic E-state index is 0.00526. The number of anilines is 1. The lowest BCUT2D eigenvalue weighted by atomic mass is 9.90. The van der Waals surface area contributed by atoms with Gasteiger partial charge < -0.3 is 10.2 Å². The molecule has 0 saturated heterocycles. The van der Waals surface area contributed by atoms with Crippen LogP contribution in [0, 0.1) is 18.3 Å². The van der Waals surface area contributed by atoms with E-state index in [2.05, 4.69) is 23.3 Å². The highest BCUT2D eigenvalue weighted by atomic mass is 35.5. The van der Waals surface area contributed by atoms with E-state index < -0.39 is 0 Å². The molecule has 154 valence electrons. The number of hydrogen-bond donors (Lipinski definition) is 1. The predicted octanol–water partition coefficient (Wildman–Crippen LogP) is 5.72. The van der Waals surface area contributed by atoms with Gasteiger partial charge in [-0.05, 0) is 62.9 Å². The molecule has 0 radical (unpaired) electrons. The van der Waals surface area contributed by atoms with Gasteiger partial charge >= 0.3 is 0 Å². The van der Waals surface area contributed by atoms with Gasteiger partial charge in [-0.1, -0.05) is 43.1 Å². The standard InChI is InChI=1S/C22H24ClN3O.C2H6/c1-15-3-5-16(6-4-15)22(27)25-18-8-11-19(12-9-18)26(2)20-10-7-17(14-24)21(23)13-20;1-2/h3-7,10,13,18-19H,8-9,11-12H2,1-2H3,(H,25,27);1-2H3. The van der Waals surface area contributed by atoms with Crippen molar-refractivity contribution in [2.24, 2.45) is 0 Å². The van der Waals surface area contributed by atoms with Gasteiger partial charge in [0.25, 0.3) is 5.91 Å². The van der Waals surface area contributed by atoms with E-state index in [1.165, 1.54) is 0 Å².